The van der Waals surface area contributed by atoms with Gasteiger partial charge < -0.3 is 21.1 Å². The van der Waals surface area contributed by atoms with Gasteiger partial charge >= 0.3 is 5.97 Å². The number of carbonyl (C=O) groups is 1. The van der Waals surface area contributed by atoms with Gasteiger partial charge in [-0.05, 0) is 24.6 Å². The van der Waals surface area contributed by atoms with E-state index in [0.29, 0.717) is 5.56 Å². The Bertz CT molecular complexity index is 367. The van der Waals surface area contributed by atoms with Crippen molar-refractivity contribution in [2.24, 2.45) is 5.73 Å². The van der Waals surface area contributed by atoms with Crippen molar-refractivity contribution in [1.82, 2.24) is 0 Å². The van der Waals surface area contributed by atoms with Crippen molar-refractivity contribution >= 4 is 5.97 Å². The fourth-order valence-electron chi connectivity index (χ4n) is 1.26. The van der Waals surface area contributed by atoms with Crippen LogP contribution in [0.15, 0.2) is 18.2 Å². The van der Waals surface area contributed by atoms with Gasteiger partial charge in [0.15, 0.2) is 0 Å². The number of rotatable bonds is 3. The van der Waals surface area contributed by atoms with E-state index in [2.05, 4.69) is 0 Å². The summed E-state index contributed by atoms with van der Waals surface area (Å²) in [7, 11) is 0. The minimum Gasteiger partial charge on any atom is -0.508 e. The summed E-state index contributed by atoms with van der Waals surface area (Å²) in [6, 6.07) is 3.90. The van der Waals surface area contributed by atoms with Crippen LogP contribution in [-0.4, -0.2) is 26.8 Å². The lowest BCUT2D eigenvalue weighted by Crippen LogP contribution is -2.46. The molecule has 15 heavy (non-hydrogen) atoms. The predicted molar refractivity (Wildman–Crippen MR) is 53.7 cm³/mol. The SMILES string of the molecule is CC(N)(Cc1cc(O)cc(O)c1)C(=O)O. The molecule has 1 unspecified atom stereocenters. The first-order valence-corrected chi connectivity index (χ1v) is 4.35. The van der Waals surface area contributed by atoms with E-state index in [-0.39, 0.29) is 17.9 Å². The Hall–Kier alpha value is -1.75. The van der Waals surface area contributed by atoms with Gasteiger partial charge in [-0.2, -0.15) is 0 Å². The molecule has 1 aromatic rings. The monoisotopic (exact) mass is 211 g/mol. The van der Waals surface area contributed by atoms with Crippen LogP contribution in [0.4, 0.5) is 0 Å². The molecule has 0 saturated heterocycles. The average molecular weight is 211 g/mol. The van der Waals surface area contributed by atoms with Gasteiger partial charge in [-0.3, -0.25) is 4.79 Å². The van der Waals surface area contributed by atoms with E-state index in [9.17, 15) is 15.0 Å². The van der Waals surface area contributed by atoms with E-state index in [1.165, 1.54) is 19.1 Å². The van der Waals surface area contributed by atoms with Crippen LogP contribution in [0, 0.1) is 0 Å². The summed E-state index contributed by atoms with van der Waals surface area (Å²) in [5.74, 6) is -1.37. The number of phenolic OH excluding ortho intramolecular Hbond substituents is 2. The number of benzene rings is 1. The highest BCUT2D eigenvalue weighted by atomic mass is 16.4. The molecule has 1 rings (SSSR count). The van der Waals surface area contributed by atoms with Crippen molar-refractivity contribution in [2.45, 2.75) is 18.9 Å². The fourth-order valence-corrected chi connectivity index (χ4v) is 1.26. The van der Waals surface area contributed by atoms with Gasteiger partial charge in [0, 0.05) is 12.5 Å². The summed E-state index contributed by atoms with van der Waals surface area (Å²) in [5.41, 5.74) is 4.58. The summed E-state index contributed by atoms with van der Waals surface area (Å²) in [6.07, 6.45) is 0.0320. The van der Waals surface area contributed by atoms with Gasteiger partial charge in [-0.25, -0.2) is 0 Å². The lowest BCUT2D eigenvalue weighted by Gasteiger charge is -2.19. The van der Waals surface area contributed by atoms with Crippen LogP contribution in [0.5, 0.6) is 11.5 Å². The number of hydrogen-bond acceptors (Lipinski definition) is 4. The van der Waals surface area contributed by atoms with E-state index >= 15 is 0 Å². The Balaban J connectivity index is 2.94. The molecule has 0 aliphatic rings. The number of nitrogens with two attached hydrogens (primary N) is 1. The molecule has 1 atom stereocenters. The zero-order chi connectivity index (χ0) is 11.6. The summed E-state index contributed by atoms with van der Waals surface area (Å²) in [4.78, 5) is 10.7. The molecule has 0 saturated carbocycles. The summed E-state index contributed by atoms with van der Waals surface area (Å²) in [6.45, 7) is 1.37. The zero-order valence-electron chi connectivity index (χ0n) is 8.27. The molecule has 0 amide bonds. The molecule has 0 heterocycles. The third-order valence-electron chi connectivity index (χ3n) is 2.02. The molecular formula is C10H13NO4. The lowest BCUT2D eigenvalue weighted by molar-refractivity contribution is -0.142. The summed E-state index contributed by atoms with van der Waals surface area (Å²) < 4.78 is 0. The van der Waals surface area contributed by atoms with E-state index in [4.69, 9.17) is 10.8 Å². The maximum absolute atomic E-state index is 10.7. The van der Waals surface area contributed by atoms with Crippen molar-refractivity contribution in [3.63, 3.8) is 0 Å². The lowest BCUT2D eigenvalue weighted by atomic mass is 9.94. The number of phenols is 2. The number of carboxylic acid groups (broad SMARTS) is 1. The second-order valence-electron chi connectivity index (χ2n) is 3.76. The standard InChI is InChI=1S/C10H13NO4/c1-10(11,9(14)15)5-6-2-7(12)4-8(13)3-6/h2-4,12-13H,5,11H2,1H3,(H,14,15). The molecule has 5 N–H and O–H groups in total. The molecule has 0 bridgehead atoms. The van der Waals surface area contributed by atoms with E-state index < -0.39 is 11.5 Å². The molecule has 5 nitrogen and oxygen atoms in total. The van der Waals surface area contributed by atoms with Crippen LogP contribution in [0.1, 0.15) is 12.5 Å². The molecule has 0 fully saturated rings. The minimum absolute atomic E-state index is 0.0320. The summed E-state index contributed by atoms with van der Waals surface area (Å²) >= 11 is 0. The first-order chi connectivity index (χ1) is 6.81. The van der Waals surface area contributed by atoms with E-state index in [0.717, 1.165) is 6.07 Å². The molecule has 0 spiro atoms. The van der Waals surface area contributed by atoms with Crippen molar-refractivity contribution < 1.29 is 20.1 Å². The van der Waals surface area contributed by atoms with Crippen LogP contribution < -0.4 is 5.73 Å². The Morgan fingerprint density at radius 2 is 1.80 bits per heavy atom. The number of hydrogen-bond donors (Lipinski definition) is 4. The van der Waals surface area contributed by atoms with Crippen LogP contribution in [0.25, 0.3) is 0 Å². The van der Waals surface area contributed by atoms with Crippen molar-refractivity contribution in [1.29, 1.82) is 0 Å². The number of carboxylic acids is 1. The normalized spacial score (nSPS) is 14.5. The van der Waals surface area contributed by atoms with Crippen LogP contribution >= 0.6 is 0 Å². The largest absolute Gasteiger partial charge is 0.508 e. The Morgan fingerprint density at radius 1 is 1.33 bits per heavy atom. The molecule has 5 heteroatoms. The van der Waals surface area contributed by atoms with Gasteiger partial charge in [0.1, 0.15) is 17.0 Å². The third-order valence-corrected chi connectivity index (χ3v) is 2.02. The van der Waals surface area contributed by atoms with Crippen LogP contribution in [0.2, 0.25) is 0 Å². The first-order valence-electron chi connectivity index (χ1n) is 4.35. The second kappa shape index (κ2) is 3.78. The highest BCUT2D eigenvalue weighted by Crippen LogP contribution is 2.22. The van der Waals surface area contributed by atoms with Crippen molar-refractivity contribution in [2.75, 3.05) is 0 Å². The average Bonchev–Trinajstić information content (AvgIpc) is 1.99. The molecular weight excluding hydrogens is 198 g/mol. The van der Waals surface area contributed by atoms with Crippen LogP contribution in [0.3, 0.4) is 0 Å². The predicted octanol–water partition coefficient (Wildman–Crippen LogP) is 0.442. The Kier molecular flexibility index (Phi) is 2.85. The highest BCUT2D eigenvalue weighted by Gasteiger charge is 2.28. The fraction of sp³-hybridized carbons (Fsp3) is 0.300. The minimum atomic E-state index is -1.42. The smallest absolute Gasteiger partial charge is 0.323 e. The number of aromatic hydroxyl groups is 2. The van der Waals surface area contributed by atoms with E-state index in [1.54, 1.807) is 0 Å². The van der Waals surface area contributed by atoms with Gasteiger partial charge in [0.2, 0.25) is 0 Å². The topological polar surface area (TPSA) is 104 Å². The molecule has 0 aliphatic carbocycles. The van der Waals surface area contributed by atoms with Gasteiger partial charge in [0.25, 0.3) is 0 Å². The maximum Gasteiger partial charge on any atom is 0.323 e. The molecule has 0 aliphatic heterocycles. The maximum atomic E-state index is 10.7. The van der Waals surface area contributed by atoms with Crippen LogP contribution in [-0.2, 0) is 11.2 Å². The highest BCUT2D eigenvalue weighted by molar-refractivity contribution is 5.78. The third kappa shape index (κ3) is 2.85. The van der Waals surface area contributed by atoms with Crippen molar-refractivity contribution in [3.05, 3.63) is 23.8 Å². The van der Waals surface area contributed by atoms with Gasteiger partial charge in [0.05, 0.1) is 0 Å². The quantitative estimate of drug-likeness (QED) is 0.581. The molecule has 1 aromatic carbocycles. The molecule has 82 valence electrons. The molecule has 0 aromatic heterocycles. The van der Waals surface area contributed by atoms with E-state index in [1.807, 2.05) is 0 Å². The Morgan fingerprint density at radius 3 is 2.20 bits per heavy atom. The van der Waals surface area contributed by atoms with Gasteiger partial charge in [-0.1, -0.05) is 0 Å². The second-order valence-corrected chi connectivity index (χ2v) is 3.76. The van der Waals surface area contributed by atoms with Crippen molar-refractivity contribution in [3.8, 4) is 11.5 Å². The molecule has 0 radical (unpaired) electrons. The number of aliphatic carboxylic acids is 1. The Labute approximate surface area is 86.8 Å². The van der Waals surface area contributed by atoms with Gasteiger partial charge in [-0.15, -0.1) is 0 Å². The summed E-state index contributed by atoms with van der Waals surface area (Å²) in [5, 5.41) is 27.2. The zero-order valence-corrected chi connectivity index (χ0v) is 8.27. The first kappa shape index (κ1) is 11.3.